The van der Waals surface area contributed by atoms with Crippen LogP contribution in [0.25, 0.3) is 11.0 Å². The van der Waals surface area contributed by atoms with E-state index in [4.69, 9.17) is 4.42 Å². The zero-order chi connectivity index (χ0) is 15.9. The lowest BCUT2D eigenvalue weighted by Crippen LogP contribution is -2.13. The Morgan fingerprint density at radius 3 is 2.64 bits per heavy atom. The van der Waals surface area contributed by atoms with Crippen LogP contribution in [0.2, 0.25) is 0 Å². The molecule has 3 aromatic rings. The Balaban J connectivity index is 2.03. The van der Waals surface area contributed by atoms with Crippen LogP contribution in [0.5, 0.6) is 0 Å². The minimum atomic E-state index is -0.248. The van der Waals surface area contributed by atoms with Crippen LogP contribution in [-0.2, 0) is 0 Å². The van der Waals surface area contributed by atoms with E-state index in [1.165, 1.54) is 0 Å². The summed E-state index contributed by atoms with van der Waals surface area (Å²) in [7, 11) is 0. The van der Waals surface area contributed by atoms with Gasteiger partial charge in [0, 0.05) is 17.1 Å². The SMILES string of the molecule is Cc1cc(C)c2oc(C(=O)Nc3cnccc3C)c(C)c2c1. The van der Waals surface area contributed by atoms with Crippen LogP contribution in [0.15, 0.2) is 35.0 Å². The Kier molecular flexibility index (Phi) is 3.45. The van der Waals surface area contributed by atoms with Crippen LogP contribution < -0.4 is 5.32 Å². The first-order chi connectivity index (χ1) is 10.5. The third kappa shape index (κ3) is 2.37. The molecule has 0 atom stereocenters. The van der Waals surface area contributed by atoms with Crippen LogP contribution in [0.3, 0.4) is 0 Å². The quantitative estimate of drug-likeness (QED) is 0.766. The third-order valence-corrected chi connectivity index (χ3v) is 3.86. The van der Waals surface area contributed by atoms with E-state index in [-0.39, 0.29) is 5.91 Å². The second kappa shape index (κ2) is 5.30. The van der Waals surface area contributed by atoms with Crippen molar-refractivity contribution in [2.45, 2.75) is 27.7 Å². The molecule has 22 heavy (non-hydrogen) atoms. The van der Waals surface area contributed by atoms with E-state index in [1.54, 1.807) is 12.4 Å². The minimum Gasteiger partial charge on any atom is -0.450 e. The number of benzene rings is 1. The predicted octanol–water partition coefficient (Wildman–Crippen LogP) is 4.31. The van der Waals surface area contributed by atoms with Gasteiger partial charge in [0.15, 0.2) is 5.76 Å². The van der Waals surface area contributed by atoms with Gasteiger partial charge in [-0.1, -0.05) is 6.07 Å². The van der Waals surface area contributed by atoms with Crippen molar-refractivity contribution >= 4 is 22.6 Å². The van der Waals surface area contributed by atoms with Gasteiger partial charge < -0.3 is 9.73 Å². The van der Waals surface area contributed by atoms with E-state index in [1.807, 2.05) is 39.8 Å². The molecule has 0 saturated heterocycles. The Morgan fingerprint density at radius 2 is 1.91 bits per heavy atom. The van der Waals surface area contributed by atoms with Gasteiger partial charge >= 0.3 is 0 Å². The van der Waals surface area contributed by atoms with Crippen molar-refractivity contribution in [1.82, 2.24) is 4.98 Å². The summed E-state index contributed by atoms with van der Waals surface area (Å²) in [6.07, 6.45) is 3.34. The van der Waals surface area contributed by atoms with Crippen LogP contribution in [0.4, 0.5) is 5.69 Å². The van der Waals surface area contributed by atoms with Gasteiger partial charge in [-0.3, -0.25) is 9.78 Å². The summed E-state index contributed by atoms with van der Waals surface area (Å²) >= 11 is 0. The third-order valence-electron chi connectivity index (χ3n) is 3.86. The highest BCUT2D eigenvalue weighted by atomic mass is 16.3. The van der Waals surface area contributed by atoms with Crippen LogP contribution in [0.1, 0.15) is 32.8 Å². The van der Waals surface area contributed by atoms with E-state index in [2.05, 4.69) is 16.4 Å². The van der Waals surface area contributed by atoms with Crippen LogP contribution in [0, 0.1) is 27.7 Å². The highest BCUT2D eigenvalue weighted by molar-refractivity contribution is 6.07. The fraction of sp³-hybridized carbons (Fsp3) is 0.222. The molecule has 0 saturated carbocycles. The van der Waals surface area contributed by atoms with E-state index >= 15 is 0 Å². The number of nitrogens with one attached hydrogen (secondary N) is 1. The van der Waals surface area contributed by atoms with Crippen molar-refractivity contribution in [2.75, 3.05) is 5.32 Å². The smallest absolute Gasteiger partial charge is 0.291 e. The highest BCUT2D eigenvalue weighted by Gasteiger charge is 2.19. The molecular weight excluding hydrogens is 276 g/mol. The molecule has 2 aromatic heterocycles. The number of hydrogen-bond acceptors (Lipinski definition) is 3. The number of pyridine rings is 1. The van der Waals surface area contributed by atoms with Crippen molar-refractivity contribution < 1.29 is 9.21 Å². The van der Waals surface area contributed by atoms with Crippen molar-refractivity contribution in [2.24, 2.45) is 0 Å². The van der Waals surface area contributed by atoms with Crippen molar-refractivity contribution in [3.8, 4) is 0 Å². The number of amides is 1. The highest BCUT2D eigenvalue weighted by Crippen LogP contribution is 2.29. The lowest BCUT2D eigenvalue weighted by Gasteiger charge is -2.06. The first kappa shape index (κ1) is 14.3. The maximum absolute atomic E-state index is 12.5. The average molecular weight is 294 g/mol. The Morgan fingerprint density at radius 1 is 1.14 bits per heavy atom. The fourth-order valence-electron chi connectivity index (χ4n) is 2.66. The molecule has 0 aliphatic carbocycles. The summed E-state index contributed by atoms with van der Waals surface area (Å²) in [5.41, 5.74) is 5.49. The number of carbonyl (C=O) groups excluding carboxylic acids is 1. The number of anilines is 1. The summed E-state index contributed by atoms with van der Waals surface area (Å²) in [6.45, 7) is 7.87. The molecule has 0 spiro atoms. The standard InChI is InChI=1S/C18H18N2O2/c1-10-7-12(3)16-14(8-10)13(4)17(22-16)18(21)20-15-9-19-6-5-11(15)2/h5-9H,1-4H3,(H,20,21). The molecule has 0 bridgehead atoms. The predicted molar refractivity (Wildman–Crippen MR) is 87.4 cm³/mol. The normalized spacial score (nSPS) is 10.9. The summed E-state index contributed by atoms with van der Waals surface area (Å²) in [5, 5.41) is 3.86. The molecule has 0 aliphatic heterocycles. The molecule has 1 N–H and O–H groups in total. The van der Waals surface area contributed by atoms with E-state index in [0.29, 0.717) is 11.4 Å². The molecule has 2 heterocycles. The van der Waals surface area contributed by atoms with Crippen molar-refractivity contribution in [1.29, 1.82) is 0 Å². The number of furan rings is 1. The molecule has 4 nitrogen and oxygen atoms in total. The topological polar surface area (TPSA) is 55.1 Å². The van der Waals surface area contributed by atoms with E-state index in [9.17, 15) is 4.79 Å². The number of aromatic nitrogens is 1. The number of fused-ring (bicyclic) bond motifs is 1. The van der Waals surface area contributed by atoms with E-state index in [0.717, 1.165) is 33.2 Å². The van der Waals surface area contributed by atoms with Crippen molar-refractivity contribution in [3.63, 3.8) is 0 Å². The Bertz CT molecular complexity index is 878. The molecule has 3 rings (SSSR count). The number of nitrogens with zero attached hydrogens (tertiary/aromatic N) is 1. The van der Waals surface area contributed by atoms with Gasteiger partial charge in [0.05, 0.1) is 11.9 Å². The zero-order valence-corrected chi connectivity index (χ0v) is 13.2. The first-order valence-electron chi connectivity index (χ1n) is 7.19. The largest absolute Gasteiger partial charge is 0.450 e. The monoisotopic (exact) mass is 294 g/mol. The molecule has 4 heteroatoms. The number of carbonyl (C=O) groups is 1. The Hall–Kier alpha value is -2.62. The van der Waals surface area contributed by atoms with Gasteiger partial charge in [-0.15, -0.1) is 0 Å². The van der Waals surface area contributed by atoms with Gasteiger partial charge in [0.1, 0.15) is 5.58 Å². The van der Waals surface area contributed by atoms with Crippen molar-refractivity contribution in [3.05, 3.63) is 58.6 Å². The van der Waals surface area contributed by atoms with Gasteiger partial charge in [-0.2, -0.15) is 0 Å². The van der Waals surface area contributed by atoms with Gasteiger partial charge in [0.2, 0.25) is 0 Å². The summed E-state index contributed by atoms with van der Waals surface area (Å²) in [4.78, 5) is 16.6. The first-order valence-corrected chi connectivity index (χ1v) is 7.19. The molecule has 1 aromatic carbocycles. The second-order valence-corrected chi connectivity index (χ2v) is 5.66. The lowest BCUT2D eigenvalue weighted by atomic mass is 10.1. The van der Waals surface area contributed by atoms with Gasteiger partial charge in [-0.25, -0.2) is 0 Å². The second-order valence-electron chi connectivity index (χ2n) is 5.66. The van der Waals surface area contributed by atoms with Crippen LogP contribution in [-0.4, -0.2) is 10.9 Å². The fourth-order valence-corrected chi connectivity index (χ4v) is 2.66. The van der Waals surface area contributed by atoms with Gasteiger partial charge in [0.25, 0.3) is 5.91 Å². The Labute approximate surface area is 129 Å². The maximum atomic E-state index is 12.5. The lowest BCUT2D eigenvalue weighted by molar-refractivity contribution is 0.0997. The van der Waals surface area contributed by atoms with Crippen LogP contribution >= 0.6 is 0 Å². The van der Waals surface area contributed by atoms with E-state index < -0.39 is 0 Å². The summed E-state index contributed by atoms with van der Waals surface area (Å²) in [5.74, 6) is 0.105. The number of rotatable bonds is 2. The molecule has 112 valence electrons. The maximum Gasteiger partial charge on any atom is 0.291 e. The van der Waals surface area contributed by atoms with Gasteiger partial charge in [-0.05, 0) is 56.5 Å². The minimum absolute atomic E-state index is 0.248. The summed E-state index contributed by atoms with van der Waals surface area (Å²) < 4.78 is 5.83. The molecule has 0 fully saturated rings. The average Bonchev–Trinajstić information content (AvgIpc) is 2.79. The molecule has 0 aliphatic rings. The number of hydrogen-bond donors (Lipinski definition) is 1. The molecular formula is C18H18N2O2. The molecule has 1 amide bonds. The molecule has 0 radical (unpaired) electrons. The molecule has 0 unspecified atom stereocenters. The zero-order valence-electron chi connectivity index (χ0n) is 13.2. The number of aryl methyl sites for hydroxylation is 4. The summed E-state index contributed by atoms with van der Waals surface area (Å²) in [6, 6.07) is 5.96.